The number of hydrogen-bond donors (Lipinski definition) is 0. The Balaban J connectivity index is 2.27. The molecule has 1 rings (SSSR count). The maximum absolute atomic E-state index is 11.7. The van der Waals surface area contributed by atoms with E-state index in [1.807, 2.05) is 19.9 Å². The van der Waals surface area contributed by atoms with Crippen LogP contribution in [0.5, 0.6) is 0 Å². The molecule has 0 aliphatic carbocycles. The quantitative estimate of drug-likeness (QED) is 0.368. The highest BCUT2D eigenvalue weighted by Gasteiger charge is 2.07. The van der Waals surface area contributed by atoms with Crippen LogP contribution in [0.25, 0.3) is 0 Å². The average Bonchev–Trinajstić information content (AvgIpc) is 2.66. The van der Waals surface area contributed by atoms with Crippen molar-refractivity contribution < 1.29 is 28.5 Å². The summed E-state index contributed by atoms with van der Waals surface area (Å²) in [5, 5.41) is 0. The Labute approximate surface area is 155 Å². The summed E-state index contributed by atoms with van der Waals surface area (Å²) in [4.78, 5) is 27.5. The first-order chi connectivity index (χ1) is 12.7. The first-order valence-corrected chi connectivity index (χ1v) is 9.05. The van der Waals surface area contributed by atoms with E-state index in [0.29, 0.717) is 39.3 Å². The van der Waals surface area contributed by atoms with Crippen molar-refractivity contribution in [3.05, 3.63) is 29.6 Å². The van der Waals surface area contributed by atoms with E-state index >= 15 is 0 Å². The largest absolute Gasteiger partial charge is 0.463 e. The van der Waals surface area contributed by atoms with Crippen LogP contribution in [0.15, 0.2) is 18.5 Å². The molecule has 1 aromatic heterocycles. The van der Waals surface area contributed by atoms with E-state index in [9.17, 15) is 9.59 Å². The third-order valence-electron chi connectivity index (χ3n) is 3.48. The lowest BCUT2D eigenvalue weighted by molar-refractivity contribution is -0.145. The molecule has 7 nitrogen and oxygen atoms in total. The van der Waals surface area contributed by atoms with Gasteiger partial charge in [0, 0.05) is 38.4 Å². The summed E-state index contributed by atoms with van der Waals surface area (Å²) in [5.74, 6) is -0.513. The van der Waals surface area contributed by atoms with Crippen molar-refractivity contribution in [3.8, 4) is 0 Å². The molecule has 0 atom stereocenters. The molecular weight excluding hydrogens is 338 g/mol. The number of esters is 2. The molecule has 0 saturated carbocycles. The van der Waals surface area contributed by atoms with Crippen molar-refractivity contribution >= 4 is 11.9 Å². The predicted molar refractivity (Wildman–Crippen MR) is 95.8 cm³/mol. The predicted octanol–water partition coefficient (Wildman–Crippen LogP) is 2.11. The van der Waals surface area contributed by atoms with Crippen molar-refractivity contribution in [1.29, 1.82) is 0 Å². The van der Waals surface area contributed by atoms with Gasteiger partial charge in [0.2, 0.25) is 0 Å². The maximum Gasteiger partial charge on any atom is 0.306 e. The molecule has 0 aliphatic heterocycles. The lowest BCUT2D eigenvalue weighted by atomic mass is 10.1. The van der Waals surface area contributed by atoms with Crippen molar-refractivity contribution in [2.24, 2.45) is 0 Å². The molecule has 0 radical (unpaired) electrons. The van der Waals surface area contributed by atoms with E-state index in [4.69, 9.17) is 18.9 Å². The standard InChI is InChI=1S/C19H29NO6/c1-3-23-9-11-25-18(21)7-5-16-13-17(15-20-14-16)6-8-19(22)26-12-10-24-4-2/h13-15H,3-12H2,1-2H3. The van der Waals surface area contributed by atoms with E-state index in [2.05, 4.69) is 4.98 Å². The van der Waals surface area contributed by atoms with Crippen LogP contribution in [-0.2, 0) is 41.4 Å². The smallest absolute Gasteiger partial charge is 0.306 e. The zero-order valence-corrected chi connectivity index (χ0v) is 15.7. The summed E-state index contributed by atoms with van der Waals surface area (Å²) in [6, 6.07) is 1.95. The van der Waals surface area contributed by atoms with Gasteiger partial charge in [0.05, 0.1) is 13.2 Å². The Morgan fingerprint density at radius 1 is 0.808 bits per heavy atom. The molecule has 0 saturated heterocycles. The second kappa shape index (κ2) is 14.2. The first-order valence-electron chi connectivity index (χ1n) is 9.05. The van der Waals surface area contributed by atoms with E-state index in [0.717, 1.165) is 11.1 Å². The van der Waals surface area contributed by atoms with Crippen LogP contribution in [0.2, 0.25) is 0 Å². The molecule has 146 valence electrons. The summed E-state index contributed by atoms with van der Waals surface area (Å²) in [7, 11) is 0. The molecule has 0 spiro atoms. The Morgan fingerprint density at radius 2 is 1.27 bits per heavy atom. The highest BCUT2D eigenvalue weighted by Crippen LogP contribution is 2.09. The molecule has 0 bridgehead atoms. The van der Waals surface area contributed by atoms with Gasteiger partial charge in [-0.25, -0.2) is 0 Å². The van der Waals surface area contributed by atoms with Crippen molar-refractivity contribution in [3.63, 3.8) is 0 Å². The summed E-state index contributed by atoms with van der Waals surface area (Å²) < 4.78 is 20.4. The van der Waals surface area contributed by atoms with E-state index in [-0.39, 0.29) is 38.0 Å². The SMILES string of the molecule is CCOCCOC(=O)CCc1cncc(CCC(=O)OCCOCC)c1. The number of nitrogens with zero attached hydrogens (tertiary/aromatic N) is 1. The van der Waals surface area contributed by atoms with Gasteiger partial charge < -0.3 is 18.9 Å². The van der Waals surface area contributed by atoms with Crippen LogP contribution in [0.4, 0.5) is 0 Å². The summed E-state index contributed by atoms with van der Waals surface area (Å²) in [5.41, 5.74) is 1.88. The third kappa shape index (κ3) is 10.8. The number of rotatable bonds is 14. The minimum atomic E-state index is -0.256. The number of pyridine rings is 1. The van der Waals surface area contributed by atoms with Crippen LogP contribution in [0.3, 0.4) is 0 Å². The maximum atomic E-state index is 11.7. The van der Waals surface area contributed by atoms with Gasteiger partial charge in [0.25, 0.3) is 0 Å². The lowest BCUT2D eigenvalue weighted by Crippen LogP contribution is -2.12. The van der Waals surface area contributed by atoms with Crippen LogP contribution in [0, 0.1) is 0 Å². The van der Waals surface area contributed by atoms with E-state index in [1.54, 1.807) is 12.4 Å². The van der Waals surface area contributed by atoms with Gasteiger partial charge in [-0.1, -0.05) is 6.07 Å². The Bertz CT molecular complexity index is 491. The van der Waals surface area contributed by atoms with Gasteiger partial charge in [-0.2, -0.15) is 0 Å². The molecule has 0 amide bonds. The fraction of sp³-hybridized carbons (Fsp3) is 0.632. The normalized spacial score (nSPS) is 10.5. The molecular formula is C19H29NO6. The van der Waals surface area contributed by atoms with Gasteiger partial charge in [0.1, 0.15) is 13.2 Å². The molecule has 1 aromatic rings. The van der Waals surface area contributed by atoms with Gasteiger partial charge in [-0.05, 0) is 37.8 Å². The number of aromatic nitrogens is 1. The molecule has 0 unspecified atom stereocenters. The molecule has 0 aliphatic rings. The number of carbonyl (C=O) groups is 2. The van der Waals surface area contributed by atoms with Crippen LogP contribution < -0.4 is 0 Å². The van der Waals surface area contributed by atoms with Crippen LogP contribution >= 0.6 is 0 Å². The van der Waals surface area contributed by atoms with Crippen LogP contribution in [0.1, 0.15) is 37.8 Å². The summed E-state index contributed by atoms with van der Waals surface area (Å²) in [6.07, 6.45) is 5.11. The highest BCUT2D eigenvalue weighted by molar-refractivity contribution is 5.70. The molecule has 26 heavy (non-hydrogen) atoms. The number of carbonyl (C=O) groups excluding carboxylic acids is 2. The number of hydrogen-bond acceptors (Lipinski definition) is 7. The Kier molecular flexibility index (Phi) is 12.1. The molecule has 0 N–H and O–H groups in total. The zero-order chi connectivity index (χ0) is 19.0. The van der Waals surface area contributed by atoms with Gasteiger partial charge in [0.15, 0.2) is 0 Å². The average molecular weight is 367 g/mol. The Morgan fingerprint density at radius 3 is 1.69 bits per heavy atom. The molecule has 0 aromatic carbocycles. The monoisotopic (exact) mass is 367 g/mol. The second-order valence-electron chi connectivity index (χ2n) is 5.54. The van der Waals surface area contributed by atoms with E-state index < -0.39 is 0 Å². The van der Waals surface area contributed by atoms with Crippen molar-refractivity contribution in [2.75, 3.05) is 39.6 Å². The third-order valence-corrected chi connectivity index (χ3v) is 3.48. The second-order valence-corrected chi connectivity index (χ2v) is 5.54. The zero-order valence-electron chi connectivity index (χ0n) is 15.7. The fourth-order valence-electron chi connectivity index (χ4n) is 2.17. The lowest BCUT2D eigenvalue weighted by Gasteiger charge is -2.07. The fourth-order valence-corrected chi connectivity index (χ4v) is 2.17. The first kappa shape index (κ1) is 22.1. The van der Waals surface area contributed by atoms with Crippen LogP contribution in [-0.4, -0.2) is 56.6 Å². The number of ether oxygens (including phenoxy) is 4. The summed E-state index contributed by atoms with van der Waals surface area (Å²) >= 11 is 0. The van der Waals surface area contributed by atoms with Gasteiger partial charge in [-0.3, -0.25) is 14.6 Å². The van der Waals surface area contributed by atoms with E-state index in [1.165, 1.54) is 0 Å². The van der Waals surface area contributed by atoms with Gasteiger partial charge >= 0.3 is 11.9 Å². The Hall–Kier alpha value is -1.99. The topological polar surface area (TPSA) is 84.0 Å². The highest BCUT2D eigenvalue weighted by atomic mass is 16.6. The van der Waals surface area contributed by atoms with Crippen molar-refractivity contribution in [2.45, 2.75) is 39.5 Å². The molecule has 0 fully saturated rings. The minimum Gasteiger partial charge on any atom is -0.463 e. The number of aryl methyl sites for hydroxylation is 2. The van der Waals surface area contributed by atoms with Crippen molar-refractivity contribution in [1.82, 2.24) is 4.98 Å². The van der Waals surface area contributed by atoms with Gasteiger partial charge in [-0.15, -0.1) is 0 Å². The molecule has 1 heterocycles. The summed E-state index contributed by atoms with van der Waals surface area (Å²) in [6.45, 7) is 6.38. The molecule has 7 heteroatoms. The minimum absolute atomic E-state index is 0.256.